The third kappa shape index (κ3) is 6.69. The summed E-state index contributed by atoms with van der Waals surface area (Å²) in [4.78, 5) is 27.7. The predicted octanol–water partition coefficient (Wildman–Crippen LogP) is 3.65. The van der Waals surface area contributed by atoms with Crippen LogP contribution in [0.5, 0.6) is 0 Å². The summed E-state index contributed by atoms with van der Waals surface area (Å²) < 4.78 is 6.62. The molecule has 0 unspecified atom stereocenters. The molecule has 1 aliphatic heterocycles. The maximum absolute atomic E-state index is 13.3. The zero-order valence-electron chi connectivity index (χ0n) is 20.2. The van der Waals surface area contributed by atoms with Crippen molar-refractivity contribution < 1.29 is 9.53 Å². The first-order chi connectivity index (χ1) is 17.0. The minimum atomic E-state index is -0.0511. The average Bonchev–Trinajstić information content (AvgIpc) is 3.30. The molecule has 2 heterocycles. The molecule has 0 bridgehead atoms. The Hall–Kier alpha value is -2.74. The van der Waals surface area contributed by atoms with E-state index in [-0.39, 0.29) is 17.5 Å². The van der Waals surface area contributed by atoms with Gasteiger partial charge >= 0.3 is 0 Å². The van der Waals surface area contributed by atoms with E-state index in [4.69, 9.17) is 21.4 Å². The second kappa shape index (κ2) is 12.3. The van der Waals surface area contributed by atoms with Crippen LogP contribution in [0.25, 0.3) is 10.8 Å². The van der Waals surface area contributed by atoms with Gasteiger partial charge in [-0.1, -0.05) is 41.9 Å². The van der Waals surface area contributed by atoms with Crippen LogP contribution < -0.4 is 10.9 Å². The van der Waals surface area contributed by atoms with Crippen LogP contribution >= 0.6 is 11.6 Å². The molecule has 4 rings (SSSR count). The minimum Gasteiger partial charge on any atom is -0.383 e. The lowest BCUT2D eigenvalue weighted by Crippen LogP contribution is -2.38. The number of aromatic nitrogens is 2. The molecule has 0 saturated carbocycles. The number of halogens is 1. The van der Waals surface area contributed by atoms with E-state index in [2.05, 4.69) is 10.2 Å². The van der Waals surface area contributed by atoms with Gasteiger partial charge in [0.25, 0.3) is 5.56 Å². The zero-order valence-corrected chi connectivity index (χ0v) is 21.0. The Morgan fingerprint density at radius 3 is 2.71 bits per heavy atom. The van der Waals surface area contributed by atoms with E-state index in [1.165, 1.54) is 0 Å². The lowest BCUT2D eigenvalue weighted by molar-refractivity contribution is -0.121. The first kappa shape index (κ1) is 25.4. The SMILES string of the molecule is COCCNC(=O)CCCN1CCC[C@@H]1Cn1nc(Cc2ccc(Cl)cc2)c2ccccc2c1=O. The lowest BCUT2D eigenvalue weighted by atomic mass is 10.0. The van der Waals surface area contributed by atoms with Gasteiger partial charge in [-0.3, -0.25) is 14.5 Å². The predicted molar refractivity (Wildman–Crippen MR) is 139 cm³/mol. The molecule has 2 aromatic carbocycles. The van der Waals surface area contributed by atoms with Crippen molar-refractivity contribution in [2.75, 3.05) is 33.4 Å². The second-order valence-corrected chi connectivity index (χ2v) is 9.50. The van der Waals surface area contributed by atoms with Crippen molar-refractivity contribution in [2.45, 2.75) is 44.7 Å². The van der Waals surface area contributed by atoms with Crippen molar-refractivity contribution in [3.05, 3.63) is 75.2 Å². The highest BCUT2D eigenvalue weighted by Gasteiger charge is 2.26. The molecule has 1 aromatic heterocycles. The maximum Gasteiger partial charge on any atom is 0.274 e. The number of ether oxygens (including phenoxy) is 1. The normalized spacial score (nSPS) is 16.1. The summed E-state index contributed by atoms with van der Waals surface area (Å²) in [6, 6.07) is 15.7. The van der Waals surface area contributed by atoms with Crippen LogP contribution in [-0.2, 0) is 22.5 Å². The molecule has 7 nitrogen and oxygen atoms in total. The number of rotatable bonds is 11. The van der Waals surface area contributed by atoms with E-state index in [1.54, 1.807) is 11.8 Å². The highest BCUT2D eigenvalue weighted by molar-refractivity contribution is 6.30. The standard InChI is InChI=1S/C27H33ClN4O3/c1-35-17-14-29-26(33)9-5-16-31-15-4-6-22(31)19-32-27(34)24-8-3-2-7-23(24)25(30-32)18-20-10-12-21(28)13-11-20/h2-3,7-8,10-13,22H,4-6,9,14-19H2,1H3,(H,29,33)/t22-/m1/s1. The number of carbonyl (C=O) groups is 1. The van der Waals surface area contributed by atoms with Crippen molar-refractivity contribution in [3.8, 4) is 0 Å². The van der Waals surface area contributed by atoms with Crippen molar-refractivity contribution in [3.63, 3.8) is 0 Å². The van der Waals surface area contributed by atoms with Gasteiger partial charge in [-0.2, -0.15) is 5.10 Å². The molecular weight excluding hydrogens is 464 g/mol. The van der Waals surface area contributed by atoms with Gasteiger partial charge in [0.05, 0.1) is 24.2 Å². The molecule has 1 fully saturated rings. The molecule has 3 aromatic rings. The summed E-state index contributed by atoms with van der Waals surface area (Å²) in [6.45, 7) is 3.43. The molecule has 1 atom stereocenters. The van der Waals surface area contributed by atoms with Crippen LogP contribution in [0.2, 0.25) is 5.02 Å². The van der Waals surface area contributed by atoms with E-state index < -0.39 is 0 Å². The fourth-order valence-corrected chi connectivity index (χ4v) is 4.90. The molecule has 0 aliphatic carbocycles. The number of likely N-dealkylation sites (tertiary alicyclic amines) is 1. The van der Waals surface area contributed by atoms with Gasteiger partial charge in [-0.05, 0) is 56.1 Å². The van der Waals surface area contributed by atoms with Crippen molar-refractivity contribution in [2.24, 2.45) is 0 Å². The molecule has 0 radical (unpaired) electrons. The Bertz CT molecular complexity index is 1200. The Labute approximate surface area is 211 Å². The number of nitrogens with one attached hydrogen (secondary N) is 1. The Morgan fingerprint density at radius 1 is 1.17 bits per heavy atom. The molecule has 8 heteroatoms. The van der Waals surface area contributed by atoms with Gasteiger partial charge in [-0.25, -0.2) is 4.68 Å². The Balaban J connectivity index is 1.47. The summed E-state index contributed by atoms with van der Waals surface area (Å²) in [6.07, 6.45) is 4.02. The van der Waals surface area contributed by atoms with E-state index in [0.717, 1.165) is 49.0 Å². The van der Waals surface area contributed by atoms with Gasteiger partial charge in [0.15, 0.2) is 0 Å². The molecular formula is C27H33ClN4O3. The number of fused-ring (bicyclic) bond motifs is 1. The molecule has 1 N–H and O–H groups in total. The highest BCUT2D eigenvalue weighted by Crippen LogP contribution is 2.21. The fraction of sp³-hybridized carbons (Fsp3) is 0.444. The van der Waals surface area contributed by atoms with Crippen LogP contribution in [0.1, 0.15) is 36.9 Å². The van der Waals surface area contributed by atoms with Crippen LogP contribution in [-0.4, -0.2) is 60.0 Å². The van der Waals surface area contributed by atoms with Crippen LogP contribution in [0, 0.1) is 0 Å². The van der Waals surface area contributed by atoms with Gasteiger partial charge in [0.2, 0.25) is 5.91 Å². The van der Waals surface area contributed by atoms with Crippen molar-refractivity contribution >= 4 is 28.3 Å². The summed E-state index contributed by atoms with van der Waals surface area (Å²) in [5.74, 6) is 0.0528. The average molecular weight is 497 g/mol. The van der Waals surface area contributed by atoms with Crippen LogP contribution in [0.3, 0.4) is 0 Å². The number of methoxy groups -OCH3 is 1. The van der Waals surface area contributed by atoms with E-state index >= 15 is 0 Å². The van der Waals surface area contributed by atoms with Crippen LogP contribution in [0.4, 0.5) is 0 Å². The van der Waals surface area contributed by atoms with Gasteiger partial charge in [-0.15, -0.1) is 0 Å². The van der Waals surface area contributed by atoms with E-state index in [9.17, 15) is 9.59 Å². The number of amides is 1. The number of hydrogen-bond acceptors (Lipinski definition) is 5. The minimum absolute atomic E-state index is 0.0511. The Morgan fingerprint density at radius 2 is 1.94 bits per heavy atom. The highest BCUT2D eigenvalue weighted by atomic mass is 35.5. The second-order valence-electron chi connectivity index (χ2n) is 9.06. The first-order valence-corrected chi connectivity index (χ1v) is 12.7. The Kier molecular flexibility index (Phi) is 8.90. The molecule has 35 heavy (non-hydrogen) atoms. The molecule has 1 aliphatic rings. The lowest BCUT2D eigenvalue weighted by Gasteiger charge is -2.25. The molecule has 1 saturated heterocycles. The zero-order chi connectivity index (χ0) is 24.6. The number of carbonyl (C=O) groups excluding carboxylic acids is 1. The van der Waals surface area contributed by atoms with E-state index in [0.29, 0.717) is 42.9 Å². The monoisotopic (exact) mass is 496 g/mol. The molecule has 1 amide bonds. The molecule has 0 spiro atoms. The summed E-state index contributed by atoms with van der Waals surface area (Å²) in [7, 11) is 1.62. The topological polar surface area (TPSA) is 76.5 Å². The van der Waals surface area contributed by atoms with E-state index in [1.807, 2.05) is 48.5 Å². The maximum atomic E-state index is 13.3. The third-order valence-electron chi connectivity index (χ3n) is 6.59. The first-order valence-electron chi connectivity index (χ1n) is 12.3. The quantitative estimate of drug-likeness (QED) is 0.410. The van der Waals surface area contributed by atoms with Gasteiger partial charge < -0.3 is 10.1 Å². The molecule has 186 valence electrons. The number of benzene rings is 2. The summed E-state index contributed by atoms with van der Waals surface area (Å²) >= 11 is 6.05. The van der Waals surface area contributed by atoms with Crippen molar-refractivity contribution in [1.29, 1.82) is 0 Å². The van der Waals surface area contributed by atoms with Gasteiger partial charge in [0.1, 0.15) is 0 Å². The summed E-state index contributed by atoms with van der Waals surface area (Å²) in [5, 5.41) is 10.00. The summed E-state index contributed by atoms with van der Waals surface area (Å²) in [5.41, 5.74) is 1.94. The van der Waals surface area contributed by atoms with Crippen LogP contribution in [0.15, 0.2) is 53.3 Å². The third-order valence-corrected chi connectivity index (χ3v) is 6.84. The van der Waals surface area contributed by atoms with Crippen molar-refractivity contribution in [1.82, 2.24) is 20.0 Å². The van der Waals surface area contributed by atoms with Gasteiger partial charge in [0, 0.05) is 42.9 Å². The number of nitrogens with zero attached hydrogens (tertiary/aromatic N) is 3. The number of hydrogen-bond donors (Lipinski definition) is 1. The fourth-order valence-electron chi connectivity index (χ4n) is 4.77. The smallest absolute Gasteiger partial charge is 0.274 e. The largest absolute Gasteiger partial charge is 0.383 e.